The van der Waals surface area contributed by atoms with Crippen LogP contribution >= 0.6 is 0 Å². The van der Waals surface area contributed by atoms with E-state index in [1.54, 1.807) is 0 Å². The number of nitrogens with one attached hydrogen (secondary N) is 2. The number of anilines is 2. The van der Waals surface area contributed by atoms with E-state index in [-0.39, 0.29) is 5.91 Å². The van der Waals surface area contributed by atoms with Gasteiger partial charge < -0.3 is 15.5 Å². The SMILES string of the molecule is CN(C)c1nc(NC2CCC(CNC(=O)Cc3ccc(-c4ccccc4)cc3)CC2)nc2ccccc12. The summed E-state index contributed by atoms with van der Waals surface area (Å²) in [6.07, 6.45) is 4.68. The van der Waals surface area contributed by atoms with Gasteiger partial charge in [0.05, 0.1) is 11.9 Å². The molecule has 5 rings (SSSR count). The Labute approximate surface area is 219 Å². The normalized spacial score (nSPS) is 17.4. The lowest BCUT2D eigenvalue weighted by Gasteiger charge is -2.29. The first-order valence-electron chi connectivity index (χ1n) is 13.2. The molecule has 190 valence electrons. The molecule has 1 amide bonds. The summed E-state index contributed by atoms with van der Waals surface area (Å²) in [4.78, 5) is 24.1. The van der Waals surface area contributed by atoms with Gasteiger partial charge in [0, 0.05) is 32.1 Å². The van der Waals surface area contributed by atoms with E-state index in [0.29, 0.717) is 24.3 Å². The highest BCUT2D eigenvalue weighted by Crippen LogP contribution is 2.28. The van der Waals surface area contributed by atoms with Gasteiger partial charge in [-0.2, -0.15) is 4.98 Å². The van der Waals surface area contributed by atoms with Crippen molar-refractivity contribution < 1.29 is 4.79 Å². The van der Waals surface area contributed by atoms with Gasteiger partial charge in [-0.05, 0) is 60.4 Å². The first kappa shape index (κ1) is 24.8. The molecule has 0 bridgehead atoms. The molecule has 3 aromatic carbocycles. The number of fused-ring (bicyclic) bond motifs is 1. The van der Waals surface area contributed by atoms with Crippen LogP contribution < -0.4 is 15.5 Å². The Hall–Kier alpha value is -3.93. The van der Waals surface area contributed by atoms with Gasteiger partial charge in [0.15, 0.2) is 0 Å². The first-order valence-corrected chi connectivity index (χ1v) is 13.2. The molecule has 37 heavy (non-hydrogen) atoms. The molecular formula is C31H35N5O. The van der Waals surface area contributed by atoms with Crippen molar-refractivity contribution in [3.05, 3.63) is 84.4 Å². The second-order valence-corrected chi connectivity index (χ2v) is 10.2. The van der Waals surface area contributed by atoms with Crippen LogP contribution in [-0.4, -0.2) is 42.6 Å². The molecular weight excluding hydrogens is 458 g/mol. The highest BCUT2D eigenvalue weighted by molar-refractivity contribution is 5.90. The molecule has 2 N–H and O–H groups in total. The van der Waals surface area contributed by atoms with Gasteiger partial charge in [0.1, 0.15) is 5.82 Å². The average molecular weight is 494 g/mol. The second kappa shape index (κ2) is 11.4. The molecule has 1 aromatic heterocycles. The highest BCUT2D eigenvalue weighted by atomic mass is 16.1. The molecule has 1 aliphatic carbocycles. The van der Waals surface area contributed by atoms with Gasteiger partial charge in [0.25, 0.3) is 0 Å². The highest BCUT2D eigenvalue weighted by Gasteiger charge is 2.22. The molecule has 1 aliphatic rings. The molecule has 1 fully saturated rings. The molecule has 1 saturated carbocycles. The lowest BCUT2D eigenvalue weighted by Crippen LogP contribution is -2.34. The molecule has 4 aromatic rings. The summed E-state index contributed by atoms with van der Waals surface area (Å²) in [6.45, 7) is 0.741. The molecule has 0 spiro atoms. The fourth-order valence-corrected chi connectivity index (χ4v) is 5.11. The van der Waals surface area contributed by atoms with E-state index >= 15 is 0 Å². The van der Waals surface area contributed by atoms with Crippen molar-refractivity contribution >= 4 is 28.6 Å². The summed E-state index contributed by atoms with van der Waals surface area (Å²) >= 11 is 0. The molecule has 0 radical (unpaired) electrons. The maximum atomic E-state index is 12.6. The van der Waals surface area contributed by atoms with Crippen LogP contribution in [0.4, 0.5) is 11.8 Å². The maximum absolute atomic E-state index is 12.6. The van der Waals surface area contributed by atoms with Crippen LogP contribution in [0.3, 0.4) is 0 Å². The third-order valence-corrected chi connectivity index (χ3v) is 7.20. The van der Waals surface area contributed by atoms with Crippen LogP contribution in [0.25, 0.3) is 22.0 Å². The van der Waals surface area contributed by atoms with Crippen molar-refractivity contribution in [2.75, 3.05) is 30.9 Å². The van der Waals surface area contributed by atoms with Crippen LogP contribution in [0, 0.1) is 5.92 Å². The van der Waals surface area contributed by atoms with E-state index in [9.17, 15) is 4.79 Å². The van der Waals surface area contributed by atoms with Crippen molar-refractivity contribution in [2.45, 2.75) is 38.1 Å². The minimum atomic E-state index is 0.0912. The molecule has 6 heteroatoms. The van der Waals surface area contributed by atoms with Crippen molar-refractivity contribution in [3.63, 3.8) is 0 Å². The number of amides is 1. The topological polar surface area (TPSA) is 70.2 Å². The lowest BCUT2D eigenvalue weighted by molar-refractivity contribution is -0.120. The third-order valence-electron chi connectivity index (χ3n) is 7.20. The van der Waals surface area contributed by atoms with Gasteiger partial charge in [0.2, 0.25) is 11.9 Å². The number of carbonyl (C=O) groups is 1. The number of carbonyl (C=O) groups excluding carboxylic acids is 1. The summed E-state index contributed by atoms with van der Waals surface area (Å²) in [5.74, 6) is 2.22. The second-order valence-electron chi connectivity index (χ2n) is 10.2. The Kier molecular flexibility index (Phi) is 7.64. The monoisotopic (exact) mass is 493 g/mol. The molecule has 0 unspecified atom stereocenters. The zero-order chi connectivity index (χ0) is 25.6. The van der Waals surface area contributed by atoms with Crippen LogP contribution in [-0.2, 0) is 11.2 Å². The Morgan fingerprint density at radius 3 is 2.24 bits per heavy atom. The predicted molar refractivity (Wildman–Crippen MR) is 152 cm³/mol. The van der Waals surface area contributed by atoms with Crippen LogP contribution in [0.2, 0.25) is 0 Å². The Bertz CT molecular complexity index is 1330. The lowest BCUT2D eigenvalue weighted by atomic mass is 9.86. The molecule has 0 saturated heterocycles. The van der Waals surface area contributed by atoms with E-state index < -0.39 is 0 Å². The van der Waals surface area contributed by atoms with Crippen molar-refractivity contribution in [1.82, 2.24) is 15.3 Å². The number of para-hydroxylation sites is 1. The zero-order valence-electron chi connectivity index (χ0n) is 21.7. The quantitative estimate of drug-likeness (QED) is 0.330. The van der Waals surface area contributed by atoms with Crippen LogP contribution in [0.1, 0.15) is 31.2 Å². The van der Waals surface area contributed by atoms with Crippen molar-refractivity contribution in [1.29, 1.82) is 0 Å². The number of hydrogen-bond acceptors (Lipinski definition) is 5. The Morgan fingerprint density at radius 2 is 1.51 bits per heavy atom. The molecule has 6 nitrogen and oxygen atoms in total. The van der Waals surface area contributed by atoms with Crippen LogP contribution in [0.15, 0.2) is 78.9 Å². The van der Waals surface area contributed by atoms with Crippen molar-refractivity contribution in [3.8, 4) is 11.1 Å². The number of hydrogen-bond donors (Lipinski definition) is 2. The zero-order valence-corrected chi connectivity index (χ0v) is 21.7. The summed E-state index contributed by atoms with van der Waals surface area (Å²) in [5.41, 5.74) is 4.35. The number of nitrogens with zero attached hydrogens (tertiary/aromatic N) is 3. The number of benzene rings is 3. The van der Waals surface area contributed by atoms with Gasteiger partial charge in [-0.1, -0.05) is 66.7 Å². The smallest absolute Gasteiger partial charge is 0.225 e. The largest absolute Gasteiger partial charge is 0.362 e. The van der Waals surface area contributed by atoms with Gasteiger partial charge in [-0.3, -0.25) is 4.79 Å². The number of aromatic nitrogens is 2. The van der Waals surface area contributed by atoms with E-state index in [1.165, 1.54) is 11.1 Å². The Morgan fingerprint density at radius 1 is 0.838 bits per heavy atom. The molecule has 0 aliphatic heterocycles. The van der Waals surface area contributed by atoms with E-state index in [4.69, 9.17) is 9.97 Å². The minimum Gasteiger partial charge on any atom is -0.362 e. The van der Waals surface area contributed by atoms with E-state index in [0.717, 1.165) is 54.5 Å². The van der Waals surface area contributed by atoms with E-state index in [2.05, 4.69) is 53.1 Å². The summed E-state index contributed by atoms with van der Waals surface area (Å²) in [6, 6.07) is 27.1. The van der Waals surface area contributed by atoms with Gasteiger partial charge in [-0.15, -0.1) is 0 Å². The molecule has 1 heterocycles. The maximum Gasteiger partial charge on any atom is 0.225 e. The summed E-state index contributed by atoms with van der Waals surface area (Å²) < 4.78 is 0. The predicted octanol–water partition coefficient (Wildman–Crippen LogP) is 5.69. The van der Waals surface area contributed by atoms with Gasteiger partial charge in [-0.25, -0.2) is 4.98 Å². The molecule has 0 atom stereocenters. The standard InChI is InChI=1S/C31H35N5O/c1-36(2)30-27-10-6-7-11-28(27)34-31(35-30)33-26-18-14-23(15-19-26)21-32-29(37)20-22-12-16-25(17-13-22)24-8-4-3-5-9-24/h3-13,16-17,23,26H,14-15,18-21H2,1-2H3,(H,32,37)(H,33,34,35). The number of rotatable bonds is 8. The van der Waals surface area contributed by atoms with Crippen LogP contribution in [0.5, 0.6) is 0 Å². The van der Waals surface area contributed by atoms with Crippen molar-refractivity contribution in [2.24, 2.45) is 5.92 Å². The summed E-state index contributed by atoms with van der Waals surface area (Å²) in [5, 5.41) is 7.79. The average Bonchev–Trinajstić information content (AvgIpc) is 2.93. The minimum absolute atomic E-state index is 0.0912. The third kappa shape index (κ3) is 6.26. The first-order chi connectivity index (χ1) is 18.0. The fourth-order valence-electron chi connectivity index (χ4n) is 5.11. The fraction of sp³-hybridized carbons (Fsp3) is 0.323. The van der Waals surface area contributed by atoms with E-state index in [1.807, 2.05) is 55.4 Å². The van der Waals surface area contributed by atoms with Gasteiger partial charge >= 0.3 is 0 Å². The summed E-state index contributed by atoms with van der Waals surface area (Å²) in [7, 11) is 4.02. The Balaban J connectivity index is 1.08.